The summed E-state index contributed by atoms with van der Waals surface area (Å²) >= 11 is 11.8. The number of rotatable bonds is 4. The van der Waals surface area contributed by atoms with Crippen molar-refractivity contribution < 1.29 is 9.32 Å². The molecular weight excluding hydrogens is 327 g/mol. The Bertz CT molecular complexity index is 777. The van der Waals surface area contributed by atoms with Gasteiger partial charge in [0.2, 0.25) is 0 Å². The Kier molecular flexibility index (Phi) is 5.04. The molecule has 0 aliphatic carbocycles. The maximum Gasteiger partial charge on any atom is 0.267 e. The highest BCUT2D eigenvalue weighted by molar-refractivity contribution is 6.35. The van der Waals surface area contributed by atoms with Gasteiger partial charge in [0.15, 0.2) is 5.82 Å². The van der Waals surface area contributed by atoms with Crippen LogP contribution in [0.4, 0.5) is 11.5 Å². The van der Waals surface area contributed by atoms with Crippen molar-refractivity contribution in [3.05, 3.63) is 51.8 Å². The Morgan fingerprint density at radius 3 is 2.82 bits per heavy atom. The number of nitriles is 1. The minimum absolute atomic E-state index is 0.156. The lowest BCUT2D eigenvalue weighted by Crippen LogP contribution is -2.14. The van der Waals surface area contributed by atoms with E-state index in [1.54, 1.807) is 31.2 Å². The lowest BCUT2D eigenvalue weighted by atomic mass is 10.2. The zero-order valence-corrected chi connectivity index (χ0v) is 12.9. The summed E-state index contributed by atoms with van der Waals surface area (Å²) in [6.07, 6.45) is 1.23. The monoisotopic (exact) mass is 336 g/mol. The zero-order valence-electron chi connectivity index (χ0n) is 11.4. The first kappa shape index (κ1) is 15.9. The first-order valence-corrected chi connectivity index (χ1v) is 6.81. The SMILES string of the molecule is Cc1cc(N/C=C(/C#N)C(=O)Nc2cc(Cl)ccc2Cl)no1. The van der Waals surface area contributed by atoms with Crippen molar-refractivity contribution in [3.63, 3.8) is 0 Å². The fourth-order valence-electron chi connectivity index (χ4n) is 1.51. The number of carbonyl (C=O) groups excluding carboxylic acids is 1. The van der Waals surface area contributed by atoms with E-state index in [9.17, 15) is 4.79 Å². The summed E-state index contributed by atoms with van der Waals surface area (Å²) < 4.78 is 4.86. The smallest absolute Gasteiger partial charge is 0.267 e. The van der Waals surface area contributed by atoms with Crippen molar-refractivity contribution in [1.82, 2.24) is 5.16 Å². The molecular formula is C14H10Cl2N4O2. The molecule has 2 rings (SSSR count). The van der Waals surface area contributed by atoms with Crippen molar-refractivity contribution in [2.45, 2.75) is 6.92 Å². The van der Waals surface area contributed by atoms with Gasteiger partial charge in [0, 0.05) is 17.3 Å². The average molecular weight is 337 g/mol. The Labute approximate surface area is 136 Å². The summed E-state index contributed by atoms with van der Waals surface area (Å²) in [6, 6.07) is 8.04. The summed E-state index contributed by atoms with van der Waals surface area (Å²) in [7, 11) is 0. The maximum atomic E-state index is 12.0. The third-order valence-electron chi connectivity index (χ3n) is 2.53. The van der Waals surface area contributed by atoms with E-state index in [1.807, 2.05) is 0 Å². The molecule has 0 unspecified atom stereocenters. The number of aromatic nitrogens is 1. The molecule has 22 heavy (non-hydrogen) atoms. The van der Waals surface area contributed by atoms with Gasteiger partial charge in [-0.2, -0.15) is 5.26 Å². The van der Waals surface area contributed by atoms with E-state index < -0.39 is 5.91 Å². The fourth-order valence-corrected chi connectivity index (χ4v) is 1.85. The third kappa shape index (κ3) is 4.01. The molecule has 1 amide bonds. The van der Waals surface area contributed by atoms with Crippen molar-refractivity contribution in [2.24, 2.45) is 0 Å². The van der Waals surface area contributed by atoms with Crippen LogP contribution in [0.5, 0.6) is 0 Å². The number of benzene rings is 1. The van der Waals surface area contributed by atoms with E-state index in [2.05, 4.69) is 15.8 Å². The molecule has 0 saturated carbocycles. The lowest BCUT2D eigenvalue weighted by molar-refractivity contribution is -0.112. The normalized spacial score (nSPS) is 10.9. The standard InChI is InChI=1S/C14H10Cl2N4O2/c1-8-4-13(20-22-8)18-7-9(6-17)14(21)19-12-5-10(15)2-3-11(12)16/h2-5,7H,1H3,(H,18,20)(H,19,21)/b9-7-. The van der Waals surface area contributed by atoms with E-state index in [4.69, 9.17) is 33.0 Å². The second-order valence-corrected chi connectivity index (χ2v) is 5.06. The predicted molar refractivity (Wildman–Crippen MR) is 83.7 cm³/mol. The van der Waals surface area contributed by atoms with Crippen LogP contribution >= 0.6 is 23.2 Å². The van der Waals surface area contributed by atoms with Crippen LogP contribution in [0.3, 0.4) is 0 Å². The minimum atomic E-state index is -0.626. The van der Waals surface area contributed by atoms with E-state index >= 15 is 0 Å². The molecule has 1 heterocycles. The first-order chi connectivity index (χ1) is 10.5. The number of nitrogens with one attached hydrogen (secondary N) is 2. The van der Waals surface area contributed by atoms with E-state index in [1.165, 1.54) is 12.3 Å². The number of anilines is 2. The van der Waals surface area contributed by atoms with E-state index in [-0.39, 0.29) is 5.57 Å². The van der Waals surface area contributed by atoms with Crippen LogP contribution in [0, 0.1) is 18.3 Å². The van der Waals surface area contributed by atoms with Crippen LogP contribution in [0.25, 0.3) is 0 Å². The molecule has 6 nitrogen and oxygen atoms in total. The van der Waals surface area contributed by atoms with E-state index in [0.717, 1.165) is 0 Å². The second-order valence-electron chi connectivity index (χ2n) is 4.22. The molecule has 112 valence electrons. The quantitative estimate of drug-likeness (QED) is 0.655. The Balaban J connectivity index is 2.12. The van der Waals surface area contributed by atoms with Gasteiger partial charge in [-0.3, -0.25) is 4.79 Å². The number of hydrogen-bond acceptors (Lipinski definition) is 5. The van der Waals surface area contributed by atoms with Crippen LogP contribution in [-0.4, -0.2) is 11.1 Å². The van der Waals surface area contributed by atoms with Crippen molar-refractivity contribution in [1.29, 1.82) is 5.26 Å². The summed E-state index contributed by atoms with van der Waals surface area (Å²) in [5.41, 5.74) is 0.161. The average Bonchev–Trinajstić information content (AvgIpc) is 2.89. The molecule has 1 aromatic carbocycles. The summed E-state index contributed by atoms with van der Waals surface area (Å²) in [6.45, 7) is 1.72. The fraction of sp³-hybridized carbons (Fsp3) is 0.0714. The van der Waals surface area contributed by atoms with Gasteiger partial charge in [0.05, 0.1) is 10.7 Å². The molecule has 2 N–H and O–H groups in total. The summed E-state index contributed by atoms with van der Waals surface area (Å²) in [5, 5.41) is 18.7. The largest absolute Gasteiger partial charge is 0.360 e. The maximum absolute atomic E-state index is 12.0. The molecule has 0 radical (unpaired) electrons. The molecule has 0 saturated heterocycles. The van der Waals surface area contributed by atoms with Gasteiger partial charge >= 0.3 is 0 Å². The van der Waals surface area contributed by atoms with Crippen LogP contribution in [0.1, 0.15) is 5.76 Å². The summed E-state index contributed by atoms with van der Waals surface area (Å²) in [5.74, 6) is 0.364. The highest BCUT2D eigenvalue weighted by Crippen LogP contribution is 2.25. The number of nitrogens with zero attached hydrogens (tertiary/aromatic N) is 2. The highest BCUT2D eigenvalue weighted by atomic mass is 35.5. The van der Waals surface area contributed by atoms with Crippen molar-refractivity contribution in [2.75, 3.05) is 10.6 Å². The lowest BCUT2D eigenvalue weighted by Gasteiger charge is -2.07. The van der Waals surface area contributed by atoms with Gasteiger partial charge < -0.3 is 15.2 Å². The van der Waals surface area contributed by atoms with Crippen molar-refractivity contribution in [3.8, 4) is 6.07 Å². The van der Waals surface area contributed by atoms with Crippen LogP contribution in [0.2, 0.25) is 10.0 Å². The van der Waals surface area contributed by atoms with Gasteiger partial charge in [0.1, 0.15) is 17.4 Å². The topological polar surface area (TPSA) is 91.0 Å². The number of carbonyl (C=O) groups is 1. The molecule has 0 aliphatic heterocycles. The van der Waals surface area contributed by atoms with Crippen LogP contribution in [-0.2, 0) is 4.79 Å². The molecule has 0 spiro atoms. The summed E-state index contributed by atoms with van der Waals surface area (Å²) in [4.78, 5) is 12.0. The predicted octanol–water partition coefficient (Wildman–Crippen LogP) is 3.75. The van der Waals surface area contributed by atoms with Gasteiger partial charge in [-0.1, -0.05) is 28.4 Å². The van der Waals surface area contributed by atoms with Gasteiger partial charge in [0.25, 0.3) is 5.91 Å². The minimum Gasteiger partial charge on any atom is -0.360 e. The van der Waals surface area contributed by atoms with Gasteiger partial charge in [-0.05, 0) is 25.1 Å². The molecule has 0 aliphatic rings. The molecule has 8 heteroatoms. The van der Waals surface area contributed by atoms with Crippen LogP contribution in [0.15, 0.2) is 40.6 Å². The molecule has 0 bridgehead atoms. The Morgan fingerprint density at radius 2 is 2.18 bits per heavy atom. The molecule has 0 fully saturated rings. The number of aryl methyl sites for hydroxylation is 1. The van der Waals surface area contributed by atoms with Gasteiger partial charge in [-0.25, -0.2) is 0 Å². The number of hydrogen-bond donors (Lipinski definition) is 2. The molecule has 2 aromatic rings. The second kappa shape index (κ2) is 6.98. The number of amides is 1. The molecule has 0 atom stereocenters. The third-order valence-corrected chi connectivity index (χ3v) is 3.10. The Morgan fingerprint density at radius 1 is 1.41 bits per heavy atom. The number of halogens is 2. The van der Waals surface area contributed by atoms with Crippen molar-refractivity contribution >= 4 is 40.6 Å². The van der Waals surface area contributed by atoms with Crippen LogP contribution < -0.4 is 10.6 Å². The highest BCUT2D eigenvalue weighted by Gasteiger charge is 2.12. The van der Waals surface area contributed by atoms with Gasteiger partial charge in [-0.15, -0.1) is 0 Å². The Hall–Kier alpha value is -2.49. The first-order valence-electron chi connectivity index (χ1n) is 6.06. The zero-order chi connectivity index (χ0) is 16.1. The molecule has 1 aromatic heterocycles. The van der Waals surface area contributed by atoms with E-state index in [0.29, 0.717) is 27.3 Å².